The minimum Gasteiger partial charge on any atom is -0.393 e. The number of hydrogen-bond acceptors (Lipinski definition) is 3. The molecule has 0 bridgehead atoms. The third-order valence-electron chi connectivity index (χ3n) is 3.73. The summed E-state index contributed by atoms with van der Waals surface area (Å²) >= 11 is 0. The van der Waals surface area contributed by atoms with Gasteiger partial charge in [-0.1, -0.05) is 20.8 Å². The summed E-state index contributed by atoms with van der Waals surface area (Å²) in [5.74, 6) is 0.585. The quantitative estimate of drug-likeness (QED) is 0.741. The first-order valence-corrected chi connectivity index (χ1v) is 5.95. The molecule has 2 N–H and O–H groups in total. The van der Waals surface area contributed by atoms with Gasteiger partial charge in [0.2, 0.25) is 0 Å². The molecule has 0 amide bonds. The second-order valence-corrected chi connectivity index (χ2v) is 5.58. The zero-order valence-electron chi connectivity index (χ0n) is 10.4. The van der Waals surface area contributed by atoms with E-state index < -0.39 is 5.60 Å². The molecular weight excluding hydrogens is 190 g/mol. The average molecular weight is 215 g/mol. The van der Waals surface area contributed by atoms with Crippen molar-refractivity contribution in [3.8, 4) is 0 Å². The Morgan fingerprint density at radius 3 is 2.53 bits per heavy atom. The van der Waals surface area contributed by atoms with Gasteiger partial charge in [-0.2, -0.15) is 0 Å². The average Bonchev–Trinajstić information content (AvgIpc) is 2.10. The van der Waals surface area contributed by atoms with Crippen LogP contribution in [-0.4, -0.2) is 46.5 Å². The fourth-order valence-electron chi connectivity index (χ4n) is 2.00. The summed E-state index contributed by atoms with van der Waals surface area (Å²) in [6.45, 7) is 10.6. The molecule has 1 saturated heterocycles. The molecule has 0 aliphatic carbocycles. The van der Waals surface area contributed by atoms with Gasteiger partial charge in [0.25, 0.3) is 0 Å². The molecule has 1 fully saturated rings. The van der Waals surface area contributed by atoms with Gasteiger partial charge in [-0.25, -0.2) is 0 Å². The van der Waals surface area contributed by atoms with Crippen LogP contribution in [0.3, 0.4) is 0 Å². The van der Waals surface area contributed by atoms with Crippen LogP contribution in [0.15, 0.2) is 0 Å². The van der Waals surface area contributed by atoms with E-state index in [-0.39, 0.29) is 12.0 Å². The molecule has 3 atom stereocenters. The van der Waals surface area contributed by atoms with Crippen LogP contribution >= 0.6 is 0 Å². The number of rotatable bonds is 3. The molecule has 1 aliphatic heterocycles. The molecule has 1 rings (SSSR count). The van der Waals surface area contributed by atoms with Crippen LogP contribution in [0, 0.1) is 11.8 Å². The first-order valence-electron chi connectivity index (χ1n) is 5.95. The Morgan fingerprint density at radius 2 is 2.07 bits per heavy atom. The summed E-state index contributed by atoms with van der Waals surface area (Å²) < 4.78 is 0. The monoisotopic (exact) mass is 215 g/mol. The number of hydrogen-bond donors (Lipinski definition) is 2. The topological polar surface area (TPSA) is 43.7 Å². The van der Waals surface area contributed by atoms with Gasteiger partial charge in [-0.3, -0.25) is 0 Å². The Balaban J connectivity index is 2.46. The summed E-state index contributed by atoms with van der Waals surface area (Å²) in [6, 6.07) is 0. The van der Waals surface area contributed by atoms with Crippen LogP contribution in [0.5, 0.6) is 0 Å². The van der Waals surface area contributed by atoms with Crippen LogP contribution in [-0.2, 0) is 0 Å². The van der Waals surface area contributed by atoms with Gasteiger partial charge in [0.1, 0.15) is 0 Å². The van der Waals surface area contributed by atoms with Crippen molar-refractivity contribution in [2.24, 2.45) is 11.8 Å². The highest BCUT2D eigenvalue weighted by molar-refractivity contribution is 4.85. The van der Waals surface area contributed by atoms with E-state index in [1.165, 1.54) is 0 Å². The van der Waals surface area contributed by atoms with E-state index in [4.69, 9.17) is 0 Å². The maximum absolute atomic E-state index is 10.2. The molecule has 15 heavy (non-hydrogen) atoms. The second-order valence-electron chi connectivity index (χ2n) is 5.58. The molecular formula is C12H25NO2. The van der Waals surface area contributed by atoms with Gasteiger partial charge < -0.3 is 15.1 Å². The molecule has 3 unspecified atom stereocenters. The molecule has 0 aromatic rings. The van der Waals surface area contributed by atoms with Crippen molar-refractivity contribution in [3.05, 3.63) is 0 Å². The van der Waals surface area contributed by atoms with E-state index >= 15 is 0 Å². The third kappa shape index (κ3) is 3.44. The predicted molar refractivity (Wildman–Crippen MR) is 61.7 cm³/mol. The molecule has 0 radical (unpaired) electrons. The molecule has 1 heterocycles. The fraction of sp³-hybridized carbons (Fsp3) is 1.00. The molecule has 1 aliphatic rings. The number of piperidine rings is 1. The van der Waals surface area contributed by atoms with Gasteiger partial charge in [0.15, 0.2) is 0 Å². The Labute approximate surface area is 93.1 Å². The Kier molecular flexibility index (Phi) is 4.15. The zero-order valence-corrected chi connectivity index (χ0v) is 10.4. The van der Waals surface area contributed by atoms with Gasteiger partial charge >= 0.3 is 0 Å². The minimum atomic E-state index is -0.623. The van der Waals surface area contributed by atoms with E-state index in [0.29, 0.717) is 12.5 Å². The number of likely N-dealkylation sites (tertiary alicyclic amines) is 1. The predicted octanol–water partition coefficient (Wildman–Crippen LogP) is 1.10. The standard InChI is InChI=1S/C12H25NO2/c1-9(2)12(4,15)8-13-6-5-11(14)10(3)7-13/h9-11,14-15H,5-8H2,1-4H3. The minimum absolute atomic E-state index is 0.162. The van der Waals surface area contributed by atoms with E-state index in [1.54, 1.807) is 0 Å². The van der Waals surface area contributed by atoms with Crippen LogP contribution in [0.1, 0.15) is 34.1 Å². The summed E-state index contributed by atoms with van der Waals surface area (Å²) in [6.07, 6.45) is 0.667. The lowest BCUT2D eigenvalue weighted by atomic mass is 9.89. The van der Waals surface area contributed by atoms with Crippen molar-refractivity contribution >= 4 is 0 Å². The van der Waals surface area contributed by atoms with Gasteiger partial charge in [0.05, 0.1) is 11.7 Å². The van der Waals surface area contributed by atoms with Crippen LogP contribution in [0.2, 0.25) is 0 Å². The molecule has 3 heteroatoms. The highest BCUT2D eigenvalue weighted by atomic mass is 16.3. The fourth-order valence-corrected chi connectivity index (χ4v) is 2.00. The highest BCUT2D eigenvalue weighted by Crippen LogP contribution is 2.22. The van der Waals surface area contributed by atoms with Crippen molar-refractivity contribution in [3.63, 3.8) is 0 Å². The molecule has 3 nitrogen and oxygen atoms in total. The smallest absolute Gasteiger partial charge is 0.0768 e. The van der Waals surface area contributed by atoms with Gasteiger partial charge in [-0.05, 0) is 25.2 Å². The van der Waals surface area contributed by atoms with Crippen LogP contribution < -0.4 is 0 Å². The van der Waals surface area contributed by atoms with Crippen molar-refractivity contribution in [1.82, 2.24) is 4.90 Å². The molecule has 0 saturated carbocycles. The van der Waals surface area contributed by atoms with Crippen molar-refractivity contribution < 1.29 is 10.2 Å². The lowest BCUT2D eigenvalue weighted by molar-refractivity contribution is -0.0441. The van der Waals surface area contributed by atoms with E-state index in [2.05, 4.69) is 11.8 Å². The largest absolute Gasteiger partial charge is 0.393 e. The Bertz CT molecular complexity index is 204. The molecule has 0 aromatic heterocycles. The van der Waals surface area contributed by atoms with Gasteiger partial charge in [-0.15, -0.1) is 0 Å². The van der Waals surface area contributed by atoms with E-state index in [1.807, 2.05) is 20.8 Å². The van der Waals surface area contributed by atoms with Crippen molar-refractivity contribution in [2.75, 3.05) is 19.6 Å². The first-order chi connectivity index (χ1) is 6.83. The second kappa shape index (κ2) is 4.81. The lowest BCUT2D eigenvalue weighted by Crippen LogP contribution is -2.50. The van der Waals surface area contributed by atoms with Gasteiger partial charge in [0, 0.05) is 19.6 Å². The normalized spacial score (nSPS) is 33.0. The molecule has 90 valence electrons. The van der Waals surface area contributed by atoms with Crippen molar-refractivity contribution in [1.29, 1.82) is 0 Å². The maximum Gasteiger partial charge on any atom is 0.0768 e. The Hall–Kier alpha value is -0.120. The lowest BCUT2D eigenvalue weighted by Gasteiger charge is -2.39. The van der Waals surface area contributed by atoms with Crippen molar-refractivity contribution in [2.45, 2.75) is 45.8 Å². The SMILES string of the molecule is CC1CN(CC(C)(O)C(C)C)CCC1O. The summed E-state index contributed by atoms with van der Waals surface area (Å²) in [7, 11) is 0. The first kappa shape index (κ1) is 12.9. The zero-order chi connectivity index (χ0) is 11.6. The van der Waals surface area contributed by atoms with Crippen LogP contribution in [0.4, 0.5) is 0 Å². The highest BCUT2D eigenvalue weighted by Gasteiger charge is 2.31. The summed E-state index contributed by atoms with van der Waals surface area (Å²) in [5.41, 5.74) is -0.623. The van der Waals surface area contributed by atoms with E-state index in [9.17, 15) is 10.2 Å². The number of nitrogens with zero attached hydrogens (tertiary/aromatic N) is 1. The Morgan fingerprint density at radius 1 is 1.47 bits per heavy atom. The summed E-state index contributed by atoms with van der Waals surface area (Å²) in [4.78, 5) is 2.26. The molecule has 0 spiro atoms. The number of β-amino-alcohol motifs (C(OH)–C–C–N with tert-alkyl or cyclic N) is 1. The molecule has 0 aromatic carbocycles. The third-order valence-corrected chi connectivity index (χ3v) is 3.73. The summed E-state index contributed by atoms with van der Waals surface area (Å²) in [5, 5.41) is 19.8. The number of aliphatic hydroxyl groups is 2. The maximum atomic E-state index is 10.2. The number of aliphatic hydroxyl groups excluding tert-OH is 1. The van der Waals surface area contributed by atoms with Crippen LogP contribution in [0.25, 0.3) is 0 Å². The van der Waals surface area contributed by atoms with E-state index in [0.717, 1.165) is 19.5 Å².